The zero-order valence-corrected chi connectivity index (χ0v) is 12.0. The van der Waals surface area contributed by atoms with Gasteiger partial charge in [0.05, 0.1) is 11.5 Å². The lowest BCUT2D eigenvalue weighted by atomic mass is 10.0. The average Bonchev–Trinajstić information content (AvgIpc) is 2.85. The normalized spacial score (nSPS) is 21.5. The van der Waals surface area contributed by atoms with Gasteiger partial charge < -0.3 is 10.5 Å². The number of sulfonamides is 1. The molecule has 0 aliphatic carbocycles. The molecule has 0 spiro atoms. The summed E-state index contributed by atoms with van der Waals surface area (Å²) in [5.74, 6) is 0.240. The molecule has 1 heterocycles. The molecule has 19 heavy (non-hydrogen) atoms. The molecule has 1 aliphatic rings. The third kappa shape index (κ3) is 3.26. The minimum absolute atomic E-state index is 0.134. The highest BCUT2D eigenvalue weighted by Gasteiger charge is 2.26. The molecule has 1 fully saturated rings. The van der Waals surface area contributed by atoms with Crippen molar-refractivity contribution in [1.29, 1.82) is 0 Å². The predicted octanol–water partition coefficient (Wildman–Crippen LogP) is 1.28. The second-order valence-corrected chi connectivity index (χ2v) is 6.77. The molecule has 3 N–H and O–H groups in total. The summed E-state index contributed by atoms with van der Waals surface area (Å²) in [6.45, 7) is 4.99. The van der Waals surface area contributed by atoms with E-state index in [9.17, 15) is 8.42 Å². The monoisotopic (exact) mass is 284 g/mol. The Bertz CT molecular complexity index is 551. The summed E-state index contributed by atoms with van der Waals surface area (Å²) >= 11 is 0. The molecule has 6 heteroatoms. The third-order valence-corrected chi connectivity index (χ3v) is 5.12. The van der Waals surface area contributed by atoms with E-state index < -0.39 is 10.0 Å². The SMILES string of the molecule is Cc1cc(S(=O)(=O)NC(C)C2CCOC2)ccc1N. The highest BCUT2D eigenvalue weighted by molar-refractivity contribution is 7.89. The van der Waals surface area contributed by atoms with Gasteiger partial charge in [0.1, 0.15) is 0 Å². The fourth-order valence-electron chi connectivity index (χ4n) is 2.17. The maximum atomic E-state index is 12.3. The minimum Gasteiger partial charge on any atom is -0.399 e. The molecule has 0 radical (unpaired) electrons. The Morgan fingerprint density at radius 2 is 2.21 bits per heavy atom. The van der Waals surface area contributed by atoms with E-state index in [2.05, 4.69) is 4.72 Å². The highest BCUT2D eigenvalue weighted by Crippen LogP contribution is 2.20. The molecule has 1 aromatic rings. The summed E-state index contributed by atoms with van der Waals surface area (Å²) < 4.78 is 32.5. The van der Waals surface area contributed by atoms with E-state index >= 15 is 0 Å². The number of aryl methyl sites for hydroxylation is 1. The first kappa shape index (κ1) is 14.3. The zero-order chi connectivity index (χ0) is 14.0. The lowest BCUT2D eigenvalue weighted by Gasteiger charge is -2.19. The number of nitrogens with two attached hydrogens (primary N) is 1. The number of nitrogen functional groups attached to an aromatic ring is 1. The lowest BCUT2D eigenvalue weighted by Crippen LogP contribution is -2.38. The van der Waals surface area contributed by atoms with E-state index in [1.807, 2.05) is 6.92 Å². The Balaban J connectivity index is 2.15. The summed E-state index contributed by atoms with van der Waals surface area (Å²) in [5.41, 5.74) is 7.06. The average molecular weight is 284 g/mol. The van der Waals surface area contributed by atoms with Gasteiger partial charge in [-0.15, -0.1) is 0 Å². The molecule has 2 atom stereocenters. The number of hydrogen-bond donors (Lipinski definition) is 2. The first-order chi connectivity index (χ1) is 8.90. The maximum Gasteiger partial charge on any atom is 0.240 e. The van der Waals surface area contributed by atoms with Gasteiger partial charge in [-0.1, -0.05) is 0 Å². The van der Waals surface area contributed by atoms with Crippen LogP contribution in [0.25, 0.3) is 0 Å². The van der Waals surface area contributed by atoms with Crippen LogP contribution in [0.5, 0.6) is 0 Å². The Labute approximate surface area is 114 Å². The van der Waals surface area contributed by atoms with Crippen LogP contribution in [0.1, 0.15) is 18.9 Å². The molecule has 0 amide bonds. The van der Waals surface area contributed by atoms with Crippen LogP contribution < -0.4 is 10.5 Å². The van der Waals surface area contributed by atoms with Crippen molar-refractivity contribution in [3.8, 4) is 0 Å². The van der Waals surface area contributed by atoms with E-state index in [0.29, 0.717) is 18.9 Å². The quantitative estimate of drug-likeness (QED) is 0.816. The standard InChI is InChI=1S/C13H20N2O3S/c1-9-7-12(3-4-13(9)14)19(16,17)15-10(2)11-5-6-18-8-11/h3-4,7,10-11,15H,5-6,8,14H2,1-2H3. The number of benzene rings is 1. The number of hydrogen-bond acceptors (Lipinski definition) is 4. The predicted molar refractivity (Wildman–Crippen MR) is 74.3 cm³/mol. The van der Waals surface area contributed by atoms with Gasteiger partial charge in [-0.3, -0.25) is 0 Å². The van der Waals surface area contributed by atoms with Crippen LogP contribution in [-0.2, 0) is 14.8 Å². The largest absolute Gasteiger partial charge is 0.399 e. The van der Waals surface area contributed by atoms with Gasteiger partial charge in [-0.2, -0.15) is 0 Å². The van der Waals surface area contributed by atoms with Gasteiger partial charge in [0.15, 0.2) is 0 Å². The summed E-state index contributed by atoms with van der Waals surface area (Å²) in [5, 5.41) is 0. The fourth-order valence-corrected chi connectivity index (χ4v) is 3.57. The van der Waals surface area contributed by atoms with Gasteiger partial charge in [0, 0.05) is 24.3 Å². The van der Waals surface area contributed by atoms with Gasteiger partial charge in [0.25, 0.3) is 0 Å². The highest BCUT2D eigenvalue weighted by atomic mass is 32.2. The van der Waals surface area contributed by atoms with E-state index in [4.69, 9.17) is 10.5 Å². The van der Waals surface area contributed by atoms with Crippen molar-refractivity contribution >= 4 is 15.7 Å². The summed E-state index contributed by atoms with van der Waals surface area (Å²) in [4.78, 5) is 0.255. The van der Waals surface area contributed by atoms with Crippen LogP contribution in [-0.4, -0.2) is 27.7 Å². The molecule has 2 rings (SSSR count). The van der Waals surface area contributed by atoms with Crippen LogP contribution in [0.3, 0.4) is 0 Å². The molecule has 0 aromatic heterocycles. The van der Waals surface area contributed by atoms with Crippen molar-refractivity contribution in [1.82, 2.24) is 4.72 Å². The Hall–Kier alpha value is -1.11. The van der Waals surface area contributed by atoms with Gasteiger partial charge in [0.2, 0.25) is 10.0 Å². The molecular formula is C13H20N2O3S. The Kier molecular flexibility index (Phi) is 4.13. The number of anilines is 1. The zero-order valence-electron chi connectivity index (χ0n) is 11.2. The van der Waals surface area contributed by atoms with E-state index in [1.165, 1.54) is 6.07 Å². The summed E-state index contributed by atoms with van der Waals surface area (Å²) in [6.07, 6.45) is 0.893. The topological polar surface area (TPSA) is 81.4 Å². The third-order valence-electron chi connectivity index (χ3n) is 3.56. The molecule has 0 saturated carbocycles. The van der Waals surface area contributed by atoms with Gasteiger partial charge in [-0.05, 0) is 44.0 Å². The number of rotatable bonds is 4. The van der Waals surface area contributed by atoms with Crippen LogP contribution in [0.15, 0.2) is 23.1 Å². The Morgan fingerprint density at radius 3 is 2.79 bits per heavy atom. The van der Waals surface area contributed by atoms with Gasteiger partial charge in [-0.25, -0.2) is 13.1 Å². The van der Waals surface area contributed by atoms with Crippen LogP contribution >= 0.6 is 0 Å². The van der Waals surface area contributed by atoms with E-state index in [-0.39, 0.29) is 16.9 Å². The van der Waals surface area contributed by atoms with Crippen LogP contribution in [0.4, 0.5) is 5.69 Å². The second-order valence-electron chi connectivity index (χ2n) is 5.05. The number of ether oxygens (including phenoxy) is 1. The van der Waals surface area contributed by atoms with Crippen molar-refractivity contribution in [2.24, 2.45) is 5.92 Å². The van der Waals surface area contributed by atoms with Crippen molar-refractivity contribution in [2.45, 2.75) is 31.2 Å². The number of nitrogens with one attached hydrogen (secondary N) is 1. The van der Waals surface area contributed by atoms with Crippen molar-refractivity contribution < 1.29 is 13.2 Å². The lowest BCUT2D eigenvalue weighted by molar-refractivity contribution is 0.180. The molecule has 1 aliphatic heterocycles. The molecule has 0 bridgehead atoms. The molecule has 1 aromatic carbocycles. The van der Waals surface area contributed by atoms with Crippen molar-refractivity contribution in [2.75, 3.05) is 18.9 Å². The molecule has 1 saturated heterocycles. The summed E-state index contributed by atoms with van der Waals surface area (Å²) in [7, 11) is -3.50. The molecular weight excluding hydrogens is 264 g/mol. The molecule has 106 valence electrons. The van der Waals surface area contributed by atoms with Crippen LogP contribution in [0.2, 0.25) is 0 Å². The smallest absolute Gasteiger partial charge is 0.240 e. The Morgan fingerprint density at radius 1 is 1.47 bits per heavy atom. The van der Waals surface area contributed by atoms with E-state index in [0.717, 1.165) is 12.0 Å². The van der Waals surface area contributed by atoms with Crippen LogP contribution in [0, 0.1) is 12.8 Å². The van der Waals surface area contributed by atoms with E-state index in [1.54, 1.807) is 19.1 Å². The molecule has 5 nitrogen and oxygen atoms in total. The van der Waals surface area contributed by atoms with Crippen molar-refractivity contribution in [3.05, 3.63) is 23.8 Å². The maximum absolute atomic E-state index is 12.3. The molecule has 2 unspecified atom stereocenters. The minimum atomic E-state index is -3.50. The second kappa shape index (κ2) is 5.48. The van der Waals surface area contributed by atoms with Crippen molar-refractivity contribution in [3.63, 3.8) is 0 Å². The summed E-state index contributed by atoms with van der Waals surface area (Å²) in [6, 6.07) is 4.61. The van der Waals surface area contributed by atoms with Gasteiger partial charge >= 0.3 is 0 Å². The fraction of sp³-hybridized carbons (Fsp3) is 0.538. The first-order valence-corrected chi connectivity index (χ1v) is 7.84. The first-order valence-electron chi connectivity index (χ1n) is 6.36.